The molecule has 120 heavy (non-hydrogen) atoms. The summed E-state index contributed by atoms with van der Waals surface area (Å²) in [7, 11) is 0. The molecule has 6 aliphatic heterocycles. The van der Waals surface area contributed by atoms with Gasteiger partial charge in [-0.1, -0.05) is 0 Å². The molecule has 23 unspecified atom stereocenters. The van der Waals surface area contributed by atoms with Crippen molar-refractivity contribution >= 4 is 169 Å². The van der Waals surface area contributed by atoms with Crippen LogP contribution in [0.25, 0.3) is 22.3 Å². The number of anilines is 6. The second-order valence-electron chi connectivity index (χ2n) is 27.1. The number of hydrogen-bond acceptors (Lipinski definition) is 44. The van der Waals surface area contributed by atoms with E-state index in [1.807, 2.05) is 0 Å². The molecular weight excluding hydrogens is 1840 g/mol. The molecule has 0 saturated carbocycles. The zero-order chi connectivity index (χ0) is 85.9. The largest absolute Gasteiger partial charge is 0.390 e. The number of aromatic nitrogens is 16. The van der Waals surface area contributed by atoms with Gasteiger partial charge in [0.25, 0.3) is 5.56 Å². The van der Waals surface area contributed by atoms with Crippen LogP contribution in [0.5, 0.6) is 0 Å². The van der Waals surface area contributed by atoms with Crippen molar-refractivity contribution in [3.8, 4) is 0 Å². The molecule has 0 bridgehead atoms. The molecule has 6 fully saturated rings. The predicted molar refractivity (Wildman–Crippen MR) is 432 cm³/mol. The van der Waals surface area contributed by atoms with Crippen LogP contribution in [0.15, 0.2) is 92.0 Å². The van der Waals surface area contributed by atoms with Gasteiger partial charge >= 0.3 is 63.1 Å². The van der Waals surface area contributed by atoms with Gasteiger partial charge in [-0.05, 0) is 95.1 Å². The predicted octanol–water partition coefficient (Wildman–Crippen LogP) is -2.12. The lowest BCUT2D eigenvalue weighted by Crippen LogP contribution is -2.32. The number of nitrogens with one attached hydrogen (secondary N) is 1. The second-order valence-corrected chi connectivity index (χ2v) is 43.7. The Morgan fingerprint density at radius 2 is 0.675 bits per heavy atom. The summed E-state index contributed by atoms with van der Waals surface area (Å²) >= 11 is 32.3. The van der Waals surface area contributed by atoms with Gasteiger partial charge in [-0.15, -0.1) is 0 Å². The minimum atomic E-state index is -4.68. The van der Waals surface area contributed by atoms with E-state index in [9.17, 15) is 63.3 Å². The first-order valence-electron chi connectivity index (χ1n) is 35.2. The topological polar surface area (TPSA) is 722 Å². The number of aromatic amines is 1. The Hall–Kier alpha value is -5.88. The SMILES string of the molecule is Nc1ccn(C2CC(OP(O)(=S)OCC3OC(n4cnc5c(=O)[nH]c(N)nc54)CC3OP(O)(=S)OCC3OC(n4ccc(N)nc4=O)CC3OP(O)(=S)OCC3OC(n4ccc(N)nc4=O)CC3OP(O)(=S)OCC3OC(n4ccc(N)nc4=O)CC3OP(O)(=S)OCC3OC(n4cnc5c(N)ncnc54)CC3O)C(COP(O)(O)=S)O2)c(=O)n1. The Labute approximate surface area is 702 Å². The summed E-state index contributed by atoms with van der Waals surface area (Å²) in [6.07, 6.45) is -15.6. The minimum Gasteiger partial charge on any atom is -0.390 e. The zero-order valence-corrected chi connectivity index (χ0v) is 71.4. The maximum Gasteiger partial charge on any atom is 0.351 e. The van der Waals surface area contributed by atoms with E-state index in [4.69, 9.17) is 172 Å². The van der Waals surface area contributed by atoms with Gasteiger partial charge in [0.05, 0.1) is 88.9 Å². The second kappa shape index (κ2) is 36.6. The van der Waals surface area contributed by atoms with Gasteiger partial charge in [-0.25, -0.2) is 39.1 Å². The summed E-state index contributed by atoms with van der Waals surface area (Å²) in [5.74, 6) is -0.728. The molecule has 14 rings (SSSR count). The summed E-state index contributed by atoms with van der Waals surface area (Å²) in [5.41, 5.74) is 31.2. The van der Waals surface area contributed by atoms with Crippen LogP contribution < -0.4 is 62.7 Å². The van der Waals surface area contributed by atoms with Crippen LogP contribution >= 0.6 is 40.3 Å². The third-order valence-electron chi connectivity index (χ3n) is 19.0. The number of hydrogen-bond donors (Lipinski definition) is 15. The number of imidazole rings is 2. The Morgan fingerprint density at radius 1 is 0.383 bits per heavy atom. The van der Waals surface area contributed by atoms with Crippen LogP contribution in [0.1, 0.15) is 75.9 Å². The molecule has 14 heterocycles. The van der Waals surface area contributed by atoms with Crippen molar-refractivity contribution in [3.63, 3.8) is 0 Å². The van der Waals surface area contributed by atoms with Gasteiger partial charge in [-0.3, -0.25) is 37.2 Å². The van der Waals surface area contributed by atoms with E-state index < -0.39 is 219 Å². The fourth-order valence-corrected chi connectivity index (χ4v) is 21.4. The molecule has 6 saturated heterocycles. The van der Waals surface area contributed by atoms with E-state index in [0.29, 0.717) is 11.2 Å². The zero-order valence-electron chi connectivity index (χ0n) is 61.1. The van der Waals surface area contributed by atoms with Crippen LogP contribution in [-0.4, -0.2) is 229 Å². The molecule has 0 radical (unpaired) electrons. The highest BCUT2D eigenvalue weighted by molar-refractivity contribution is 8.08. The third-order valence-corrected chi connectivity index (χ3v) is 27.7. The quantitative estimate of drug-likeness (QED) is 0.0192. The number of nitrogen functional groups attached to an aromatic ring is 6. The summed E-state index contributed by atoms with van der Waals surface area (Å²) in [4.78, 5) is 183. The molecule has 8 aromatic rings. The van der Waals surface area contributed by atoms with E-state index in [0.717, 1.165) is 18.3 Å². The van der Waals surface area contributed by atoms with Crippen molar-refractivity contribution < 1.29 is 118 Å². The van der Waals surface area contributed by atoms with E-state index in [1.165, 1.54) is 77.2 Å². The molecule has 0 aromatic carbocycles. The first kappa shape index (κ1) is 90.4. The highest BCUT2D eigenvalue weighted by Gasteiger charge is 2.50. The van der Waals surface area contributed by atoms with Crippen molar-refractivity contribution in [2.75, 3.05) is 74.0 Å². The van der Waals surface area contributed by atoms with Crippen molar-refractivity contribution in [1.29, 1.82) is 0 Å². The summed E-state index contributed by atoms with van der Waals surface area (Å²) in [6.45, 7) is -31.3. The van der Waals surface area contributed by atoms with E-state index in [1.54, 1.807) is 0 Å². The normalized spacial score (nSPS) is 29.7. The molecule has 0 spiro atoms. The van der Waals surface area contributed by atoms with Crippen LogP contribution in [-0.2, 0) is 149 Å². The van der Waals surface area contributed by atoms with Crippen LogP contribution in [0.4, 0.5) is 35.0 Å². The highest BCUT2D eigenvalue weighted by atomic mass is 32.5. The molecule has 6 aliphatic rings. The number of fused-ring (bicyclic) bond motifs is 2. The number of nitrogens with zero attached hydrogens (tertiary/aromatic N) is 15. The Morgan fingerprint density at radius 3 is 1.01 bits per heavy atom. The highest BCUT2D eigenvalue weighted by Crippen LogP contribution is 2.57. The molecule has 8 aromatic heterocycles. The Bertz CT molecular complexity index is 5790. The van der Waals surface area contributed by atoms with Crippen molar-refractivity contribution in [2.45, 2.75) is 149 Å². The van der Waals surface area contributed by atoms with Crippen molar-refractivity contribution in [3.05, 3.63) is 120 Å². The van der Waals surface area contributed by atoms with E-state index in [2.05, 4.69) is 61.6 Å². The van der Waals surface area contributed by atoms with Gasteiger partial charge < -0.3 is 152 Å². The monoisotopic (exact) mass is 1910 g/mol. The average Bonchev–Trinajstić information content (AvgIpc) is 1.63. The van der Waals surface area contributed by atoms with Crippen LogP contribution in [0.2, 0.25) is 0 Å². The van der Waals surface area contributed by atoms with Gasteiger partial charge in [0, 0.05) is 63.3 Å². The molecule has 21 N–H and O–H groups in total. The first-order valence-corrected chi connectivity index (χ1v) is 50.8. The lowest BCUT2D eigenvalue weighted by atomic mass is 10.2. The Kier molecular flexibility index (Phi) is 27.6. The van der Waals surface area contributed by atoms with Crippen LogP contribution in [0.3, 0.4) is 0 Å². The number of nitrogens with two attached hydrogens (primary N) is 6. The molecule has 64 heteroatoms. The minimum absolute atomic E-state index is 0.0296. The first-order chi connectivity index (χ1) is 56.6. The molecular formula is C56H74N22O30P6S6. The lowest BCUT2D eigenvalue weighted by molar-refractivity contribution is -0.0577. The lowest BCUT2D eigenvalue weighted by Gasteiger charge is -2.28. The standard InChI is InChI=1S/C56H74N22O30P6S6/c57-36-1-5-73(53(81)67-36)41-10-25(31(99-41)16-92-109(85,86)115)104-111(88,117)97-20-35-29(14-45(103-35)78-23-66-47-50(78)71-52(62)72-51(47)80)108-114(91,120)96-19-34-28(13-44(102-34)76-8-4-39(60)70-56(76)84)107-113(90,119)95-18-33-27(12-43(101-33)75-7-3-38(59)69-55(75)83)106-112(89,118)94-17-32-26(11-42(100-32)74-6-2-37(58)68-54(74)82)105-110(87,116)93-15-30-24(79)9-40(98-30)77-22-65-46-48(61)63-21-64-49(46)77/h1-8,21-35,40-45,79H,9-20H2,(H,87,116)(H,88,117)(H,89,118)(H,90,119)(H,91,120)(H2,57,67,81)(H2,58,68,82)(H2,59,69,83)(H2,60,70,84)(H2,61,63,64)(H2,85,86,115)(H3,62,71,72,80). The van der Waals surface area contributed by atoms with Gasteiger partial charge in [0.2, 0.25) is 5.95 Å². The number of aliphatic hydroxyl groups is 1. The third kappa shape index (κ3) is 22.0. The fourth-order valence-electron chi connectivity index (χ4n) is 13.5. The van der Waals surface area contributed by atoms with Gasteiger partial charge in [0.1, 0.15) is 109 Å². The van der Waals surface area contributed by atoms with E-state index in [-0.39, 0.29) is 84.7 Å². The van der Waals surface area contributed by atoms with Gasteiger partial charge in [0.15, 0.2) is 22.6 Å². The van der Waals surface area contributed by atoms with Crippen LogP contribution in [0, 0.1) is 0 Å². The summed E-state index contributed by atoms with van der Waals surface area (Å²) < 4.78 is 109. The summed E-state index contributed by atoms with van der Waals surface area (Å²) in [5, 5.41) is 11.1. The number of ether oxygens (including phenoxy) is 6. The molecule has 52 nitrogen and oxygen atoms in total. The maximum absolute atomic E-state index is 13.4. The maximum atomic E-state index is 13.4. The molecule has 23 atom stereocenters. The number of rotatable bonds is 34. The Balaban J connectivity index is 0.654. The van der Waals surface area contributed by atoms with Crippen molar-refractivity contribution in [1.82, 2.24) is 77.2 Å². The van der Waals surface area contributed by atoms with Gasteiger partial charge in [-0.2, -0.15) is 24.9 Å². The number of aliphatic hydroxyl groups excluding tert-OH is 1. The molecule has 0 aliphatic carbocycles. The average molecular weight is 1910 g/mol. The summed E-state index contributed by atoms with van der Waals surface area (Å²) in [6, 6.07) is 5.18. The smallest absolute Gasteiger partial charge is 0.351 e. The van der Waals surface area contributed by atoms with E-state index >= 15 is 0 Å². The fraction of sp³-hybridized carbons (Fsp3) is 0.536. The molecule has 0 amide bonds. The van der Waals surface area contributed by atoms with Crippen molar-refractivity contribution in [2.24, 2.45) is 0 Å². The molecule has 654 valence electrons. The number of H-pyrrole nitrogens is 1.